The molecule has 0 radical (unpaired) electrons. The molecule has 1 fully saturated rings. The Hall–Kier alpha value is -3.01. The summed E-state index contributed by atoms with van der Waals surface area (Å²) >= 11 is 1.63. The number of carbonyl (C=O) groups is 4. The first-order valence-electron chi connectivity index (χ1n) is 13.9. The molecule has 1 aromatic heterocycles. The molecular formula is C29H42N4O5S. The first kappa shape index (κ1) is 30.5. The zero-order valence-electron chi connectivity index (χ0n) is 23.5. The van der Waals surface area contributed by atoms with E-state index < -0.39 is 23.5 Å². The summed E-state index contributed by atoms with van der Waals surface area (Å²) in [5.41, 5.74) is 3.50. The summed E-state index contributed by atoms with van der Waals surface area (Å²) in [6.07, 6.45) is 10.6. The molecule has 0 saturated carbocycles. The van der Waals surface area contributed by atoms with Crippen LogP contribution in [0.4, 0.5) is 0 Å². The zero-order chi connectivity index (χ0) is 28.6. The Morgan fingerprint density at radius 2 is 1.92 bits per heavy atom. The minimum absolute atomic E-state index is 0.0878. The van der Waals surface area contributed by atoms with Gasteiger partial charge >= 0.3 is 5.97 Å². The van der Waals surface area contributed by atoms with Crippen LogP contribution in [0.2, 0.25) is 0 Å². The van der Waals surface area contributed by atoms with E-state index in [-0.39, 0.29) is 36.5 Å². The van der Waals surface area contributed by atoms with Gasteiger partial charge in [-0.05, 0) is 55.9 Å². The van der Waals surface area contributed by atoms with Crippen molar-refractivity contribution in [1.82, 2.24) is 20.5 Å². The Bertz CT molecular complexity index is 1100. The average molecular weight is 559 g/mol. The van der Waals surface area contributed by atoms with Crippen molar-refractivity contribution in [2.75, 3.05) is 13.1 Å². The van der Waals surface area contributed by atoms with E-state index in [1.165, 1.54) is 10.5 Å². The summed E-state index contributed by atoms with van der Waals surface area (Å²) in [5.74, 6) is -1.27. The summed E-state index contributed by atoms with van der Waals surface area (Å²) < 4.78 is 0. The molecule has 0 bridgehead atoms. The predicted molar refractivity (Wildman–Crippen MR) is 152 cm³/mol. The molecule has 1 aliphatic carbocycles. The molecule has 0 spiro atoms. The highest BCUT2D eigenvalue weighted by Gasteiger charge is 2.41. The number of nitrogens with one attached hydrogen (secondary N) is 2. The van der Waals surface area contributed by atoms with Crippen LogP contribution in [0.25, 0.3) is 5.57 Å². The maximum atomic E-state index is 13.6. The predicted octanol–water partition coefficient (Wildman–Crippen LogP) is 4.08. The lowest BCUT2D eigenvalue weighted by atomic mass is 9.85. The maximum Gasteiger partial charge on any atom is 0.303 e. The van der Waals surface area contributed by atoms with E-state index >= 15 is 0 Å². The van der Waals surface area contributed by atoms with Gasteiger partial charge in [-0.3, -0.25) is 19.2 Å². The highest BCUT2D eigenvalue weighted by Crippen LogP contribution is 2.29. The number of carboxylic acid groups (broad SMARTS) is 1. The van der Waals surface area contributed by atoms with Crippen molar-refractivity contribution in [2.24, 2.45) is 11.3 Å². The molecule has 0 aromatic carbocycles. The van der Waals surface area contributed by atoms with Crippen molar-refractivity contribution in [2.45, 2.75) is 91.1 Å². The SMILES string of the molecule is Cc1ncsc1C1=CCC(CNC(=O)C2CCCN2C(=O)C(NC(=O)CCCCCC(=O)O)C(C)(C)C)C=C1. The van der Waals surface area contributed by atoms with E-state index in [4.69, 9.17) is 5.11 Å². The normalized spacial score (nSPS) is 19.9. The van der Waals surface area contributed by atoms with Crippen LogP contribution in [-0.2, 0) is 19.2 Å². The van der Waals surface area contributed by atoms with Gasteiger partial charge in [-0.2, -0.15) is 0 Å². The average Bonchev–Trinajstić information content (AvgIpc) is 3.54. The van der Waals surface area contributed by atoms with Gasteiger partial charge in [0.2, 0.25) is 17.7 Å². The number of unbranched alkanes of at least 4 members (excludes halogenated alkanes) is 2. The summed E-state index contributed by atoms with van der Waals surface area (Å²) in [6, 6.07) is -1.30. The Morgan fingerprint density at radius 3 is 2.54 bits per heavy atom. The van der Waals surface area contributed by atoms with Crippen LogP contribution in [0.15, 0.2) is 23.7 Å². The largest absolute Gasteiger partial charge is 0.481 e. The quantitative estimate of drug-likeness (QED) is 0.332. The number of aryl methyl sites for hydroxylation is 1. The molecule has 214 valence electrons. The van der Waals surface area contributed by atoms with Gasteiger partial charge in [-0.1, -0.05) is 45.4 Å². The smallest absolute Gasteiger partial charge is 0.303 e. The lowest BCUT2D eigenvalue weighted by Gasteiger charge is -2.35. The van der Waals surface area contributed by atoms with E-state index in [0.717, 1.165) is 18.5 Å². The standard InChI is InChI=1S/C29H42N4O5S/c1-19-25(39-18-31-19)21-14-12-20(13-15-21)17-30-27(37)22-9-8-16-33(22)28(38)26(29(2,3)4)32-23(34)10-6-5-7-11-24(35)36/h12,14-15,18,20,22,26H,5-11,13,16-17H2,1-4H3,(H,30,37)(H,32,34)(H,35,36). The Labute approximate surface area is 235 Å². The van der Waals surface area contributed by atoms with E-state index in [1.54, 1.807) is 16.2 Å². The molecule has 2 aliphatic rings. The van der Waals surface area contributed by atoms with E-state index in [1.807, 2.05) is 33.2 Å². The number of carboxylic acids is 1. The molecular weight excluding hydrogens is 516 g/mol. The number of carbonyl (C=O) groups excluding carboxylic acids is 3. The van der Waals surface area contributed by atoms with Gasteiger partial charge in [0.15, 0.2) is 0 Å². The number of aliphatic carboxylic acids is 1. The number of likely N-dealkylation sites (tertiary alicyclic amines) is 1. The van der Waals surface area contributed by atoms with Crippen molar-refractivity contribution in [3.63, 3.8) is 0 Å². The second kappa shape index (κ2) is 13.9. The summed E-state index contributed by atoms with van der Waals surface area (Å²) in [6.45, 7) is 8.69. The number of nitrogens with zero attached hydrogens (tertiary/aromatic N) is 2. The second-order valence-electron chi connectivity index (χ2n) is 11.5. The highest BCUT2D eigenvalue weighted by atomic mass is 32.1. The fourth-order valence-corrected chi connectivity index (χ4v) is 5.83. The van der Waals surface area contributed by atoms with Crippen LogP contribution < -0.4 is 10.6 Å². The van der Waals surface area contributed by atoms with Gasteiger partial charge in [0, 0.05) is 25.9 Å². The lowest BCUT2D eigenvalue weighted by molar-refractivity contribution is -0.143. The summed E-state index contributed by atoms with van der Waals surface area (Å²) in [4.78, 5) is 57.2. The van der Waals surface area contributed by atoms with Crippen molar-refractivity contribution in [3.8, 4) is 0 Å². The molecule has 3 unspecified atom stereocenters. The third-order valence-corrected chi connectivity index (χ3v) is 8.26. The monoisotopic (exact) mass is 558 g/mol. The van der Waals surface area contributed by atoms with E-state index in [0.29, 0.717) is 38.8 Å². The van der Waals surface area contributed by atoms with Crippen molar-refractivity contribution < 1.29 is 24.3 Å². The number of allylic oxidation sites excluding steroid dienone is 3. The van der Waals surface area contributed by atoms with E-state index in [9.17, 15) is 19.2 Å². The highest BCUT2D eigenvalue weighted by molar-refractivity contribution is 7.11. The van der Waals surface area contributed by atoms with Crippen molar-refractivity contribution in [3.05, 3.63) is 34.3 Å². The molecule has 1 aromatic rings. The fraction of sp³-hybridized carbons (Fsp3) is 0.621. The molecule has 3 atom stereocenters. The molecule has 3 amide bonds. The van der Waals surface area contributed by atoms with Crippen molar-refractivity contribution in [1.29, 1.82) is 0 Å². The van der Waals surface area contributed by atoms with Gasteiger partial charge in [-0.15, -0.1) is 11.3 Å². The third-order valence-electron chi connectivity index (χ3n) is 7.29. The van der Waals surface area contributed by atoms with Gasteiger partial charge in [0.1, 0.15) is 12.1 Å². The molecule has 2 heterocycles. The van der Waals surface area contributed by atoms with Crippen LogP contribution >= 0.6 is 11.3 Å². The minimum Gasteiger partial charge on any atom is -0.481 e. The van der Waals surface area contributed by atoms with Crippen molar-refractivity contribution >= 4 is 40.6 Å². The van der Waals surface area contributed by atoms with E-state index in [2.05, 4.69) is 33.8 Å². The summed E-state index contributed by atoms with van der Waals surface area (Å²) in [5, 5.41) is 14.7. The Kier molecular flexibility index (Phi) is 10.9. The molecule has 1 aliphatic heterocycles. The molecule has 9 nitrogen and oxygen atoms in total. The maximum absolute atomic E-state index is 13.6. The Morgan fingerprint density at radius 1 is 1.18 bits per heavy atom. The van der Waals surface area contributed by atoms with Gasteiger partial charge in [0.25, 0.3) is 0 Å². The topological polar surface area (TPSA) is 129 Å². The minimum atomic E-state index is -0.842. The van der Waals surface area contributed by atoms with Crippen LogP contribution in [0, 0.1) is 18.3 Å². The van der Waals surface area contributed by atoms with Gasteiger partial charge in [0.05, 0.1) is 16.1 Å². The second-order valence-corrected chi connectivity index (χ2v) is 12.4. The first-order chi connectivity index (χ1) is 18.5. The number of thiazole rings is 1. The van der Waals surface area contributed by atoms with Crippen LogP contribution in [0.3, 0.4) is 0 Å². The number of hydrogen-bond donors (Lipinski definition) is 3. The Balaban J connectivity index is 1.52. The third kappa shape index (κ3) is 8.74. The van der Waals surface area contributed by atoms with Gasteiger partial charge in [-0.25, -0.2) is 4.98 Å². The number of aromatic nitrogens is 1. The van der Waals surface area contributed by atoms with Crippen LogP contribution in [0.5, 0.6) is 0 Å². The van der Waals surface area contributed by atoms with Crippen LogP contribution in [-0.4, -0.2) is 63.9 Å². The first-order valence-corrected chi connectivity index (χ1v) is 14.7. The number of hydrogen-bond acceptors (Lipinski definition) is 6. The fourth-order valence-electron chi connectivity index (χ4n) is 5.00. The zero-order valence-corrected chi connectivity index (χ0v) is 24.3. The molecule has 3 rings (SSSR count). The van der Waals surface area contributed by atoms with Gasteiger partial charge < -0.3 is 20.6 Å². The number of amides is 3. The number of rotatable bonds is 12. The van der Waals surface area contributed by atoms with Crippen LogP contribution in [0.1, 0.15) is 82.7 Å². The molecule has 1 saturated heterocycles. The molecule has 3 N–H and O–H groups in total. The molecule has 39 heavy (non-hydrogen) atoms. The molecule has 10 heteroatoms. The lowest BCUT2D eigenvalue weighted by Crippen LogP contribution is -2.57. The summed E-state index contributed by atoms with van der Waals surface area (Å²) in [7, 11) is 0.